The van der Waals surface area contributed by atoms with Gasteiger partial charge in [-0.3, -0.25) is 0 Å². The maximum atomic E-state index is 9.10. The topological polar surface area (TPSA) is 72.1 Å². The Labute approximate surface area is 80.9 Å². The fourth-order valence-electron chi connectivity index (χ4n) is 1.26. The molecule has 1 aliphatic rings. The first-order valence-electron chi connectivity index (χ1n) is 4.40. The predicted octanol–water partition coefficient (Wildman–Crippen LogP) is 0.178. The van der Waals surface area contributed by atoms with E-state index in [4.69, 9.17) is 24.1 Å². The van der Waals surface area contributed by atoms with Gasteiger partial charge in [-0.1, -0.05) is 0 Å². The molecule has 0 atom stereocenters. The Bertz CT molecular complexity index is 287. The molecule has 5 nitrogen and oxygen atoms in total. The quantitative estimate of drug-likeness (QED) is 0.712. The summed E-state index contributed by atoms with van der Waals surface area (Å²) in [6.07, 6.45) is -1.14. The summed E-state index contributed by atoms with van der Waals surface area (Å²) < 4.78 is 15.6. The van der Waals surface area contributed by atoms with Crippen LogP contribution in [0.15, 0.2) is 16.5 Å². The molecular weight excluding hydrogens is 188 g/mol. The molecule has 14 heavy (non-hydrogen) atoms. The van der Waals surface area contributed by atoms with Crippen LogP contribution in [0.5, 0.6) is 0 Å². The average Bonchev–Trinajstić information content (AvgIpc) is 2.67. The molecule has 1 fully saturated rings. The van der Waals surface area contributed by atoms with Crippen LogP contribution < -0.4 is 0 Å². The summed E-state index contributed by atoms with van der Waals surface area (Å²) in [5.41, 5.74) is 0. The maximum Gasteiger partial charge on any atom is 0.217 e. The van der Waals surface area contributed by atoms with Crippen molar-refractivity contribution in [2.24, 2.45) is 0 Å². The third-order valence-corrected chi connectivity index (χ3v) is 1.95. The SMILES string of the molecule is OCc1ccc(C2OCC(O)CO2)o1. The molecule has 1 saturated heterocycles. The first-order valence-corrected chi connectivity index (χ1v) is 4.40. The maximum absolute atomic E-state index is 9.10. The molecule has 0 saturated carbocycles. The van der Waals surface area contributed by atoms with Gasteiger partial charge in [0.15, 0.2) is 5.76 Å². The zero-order valence-corrected chi connectivity index (χ0v) is 7.55. The fourth-order valence-corrected chi connectivity index (χ4v) is 1.26. The molecule has 0 aliphatic carbocycles. The first kappa shape index (κ1) is 9.67. The van der Waals surface area contributed by atoms with Crippen LogP contribution >= 0.6 is 0 Å². The molecule has 0 unspecified atom stereocenters. The summed E-state index contributed by atoms with van der Waals surface area (Å²) in [5, 5.41) is 17.9. The zero-order chi connectivity index (χ0) is 9.97. The number of aliphatic hydroxyl groups excluding tert-OH is 2. The second kappa shape index (κ2) is 4.10. The van der Waals surface area contributed by atoms with Crippen molar-refractivity contribution in [3.63, 3.8) is 0 Å². The Kier molecular flexibility index (Phi) is 2.83. The van der Waals surface area contributed by atoms with Crippen molar-refractivity contribution >= 4 is 0 Å². The van der Waals surface area contributed by atoms with E-state index in [2.05, 4.69) is 0 Å². The normalized spacial score (nSPS) is 27.9. The summed E-state index contributed by atoms with van der Waals surface area (Å²) in [5.74, 6) is 0.985. The second-order valence-corrected chi connectivity index (χ2v) is 3.11. The van der Waals surface area contributed by atoms with E-state index in [1.54, 1.807) is 12.1 Å². The van der Waals surface area contributed by atoms with Crippen molar-refractivity contribution in [1.82, 2.24) is 0 Å². The Balaban J connectivity index is 2.01. The predicted molar refractivity (Wildman–Crippen MR) is 45.3 cm³/mol. The minimum atomic E-state index is -0.571. The molecule has 0 bridgehead atoms. The lowest BCUT2D eigenvalue weighted by Gasteiger charge is -2.24. The van der Waals surface area contributed by atoms with Crippen molar-refractivity contribution in [3.8, 4) is 0 Å². The van der Waals surface area contributed by atoms with Crippen LogP contribution in [0.2, 0.25) is 0 Å². The highest BCUT2D eigenvalue weighted by atomic mass is 16.7. The minimum Gasteiger partial charge on any atom is -0.458 e. The summed E-state index contributed by atoms with van der Waals surface area (Å²) >= 11 is 0. The number of hydrogen-bond acceptors (Lipinski definition) is 5. The lowest BCUT2D eigenvalue weighted by atomic mass is 10.3. The van der Waals surface area contributed by atoms with Crippen molar-refractivity contribution in [1.29, 1.82) is 0 Å². The van der Waals surface area contributed by atoms with Gasteiger partial charge >= 0.3 is 0 Å². The second-order valence-electron chi connectivity index (χ2n) is 3.11. The van der Waals surface area contributed by atoms with E-state index < -0.39 is 12.4 Å². The van der Waals surface area contributed by atoms with Crippen LogP contribution in [0, 0.1) is 0 Å². The van der Waals surface area contributed by atoms with Crippen molar-refractivity contribution in [3.05, 3.63) is 23.7 Å². The van der Waals surface area contributed by atoms with Gasteiger partial charge in [-0.25, -0.2) is 0 Å². The van der Waals surface area contributed by atoms with Gasteiger partial charge in [0.25, 0.3) is 0 Å². The first-order chi connectivity index (χ1) is 6.79. The summed E-state index contributed by atoms with van der Waals surface area (Å²) in [6, 6.07) is 3.35. The van der Waals surface area contributed by atoms with Crippen LogP contribution in [0.4, 0.5) is 0 Å². The van der Waals surface area contributed by atoms with Gasteiger partial charge in [0, 0.05) is 0 Å². The van der Waals surface area contributed by atoms with Crippen molar-refractivity contribution < 1.29 is 24.1 Å². The Morgan fingerprint density at radius 3 is 2.57 bits per heavy atom. The van der Waals surface area contributed by atoms with Crippen molar-refractivity contribution in [2.45, 2.75) is 19.0 Å². The van der Waals surface area contributed by atoms with Gasteiger partial charge < -0.3 is 24.1 Å². The monoisotopic (exact) mass is 200 g/mol. The van der Waals surface area contributed by atoms with Crippen molar-refractivity contribution in [2.75, 3.05) is 13.2 Å². The number of ether oxygens (including phenoxy) is 2. The molecule has 0 aromatic carbocycles. The number of furan rings is 1. The smallest absolute Gasteiger partial charge is 0.217 e. The largest absolute Gasteiger partial charge is 0.458 e. The van der Waals surface area contributed by atoms with Gasteiger partial charge in [-0.15, -0.1) is 0 Å². The Hall–Kier alpha value is -0.880. The molecule has 2 rings (SSSR count). The lowest BCUT2D eigenvalue weighted by Crippen LogP contribution is -2.30. The highest BCUT2D eigenvalue weighted by Crippen LogP contribution is 2.24. The average molecular weight is 200 g/mol. The molecule has 0 radical (unpaired) electrons. The molecule has 0 spiro atoms. The molecule has 2 N–H and O–H groups in total. The van der Waals surface area contributed by atoms with Gasteiger partial charge in [0.1, 0.15) is 18.5 Å². The third kappa shape index (κ3) is 1.96. The Morgan fingerprint density at radius 2 is 2.00 bits per heavy atom. The highest BCUT2D eigenvalue weighted by molar-refractivity contribution is 5.07. The third-order valence-electron chi connectivity index (χ3n) is 1.95. The van der Waals surface area contributed by atoms with Gasteiger partial charge in [0.2, 0.25) is 6.29 Å². The molecular formula is C9H12O5. The molecule has 1 aliphatic heterocycles. The van der Waals surface area contributed by atoms with E-state index in [0.717, 1.165) is 0 Å². The molecule has 1 aromatic heterocycles. The van der Waals surface area contributed by atoms with Crippen LogP contribution in [0.3, 0.4) is 0 Å². The van der Waals surface area contributed by atoms with Gasteiger partial charge in [-0.05, 0) is 12.1 Å². The number of aliphatic hydroxyl groups is 2. The van der Waals surface area contributed by atoms with E-state index in [0.29, 0.717) is 11.5 Å². The van der Waals surface area contributed by atoms with Crippen LogP contribution in [0.1, 0.15) is 17.8 Å². The molecule has 0 amide bonds. The van der Waals surface area contributed by atoms with E-state index in [9.17, 15) is 0 Å². The van der Waals surface area contributed by atoms with E-state index in [-0.39, 0.29) is 19.8 Å². The number of rotatable bonds is 2. The van der Waals surface area contributed by atoms with E-state index in [1.165, 1.54) is 0 Å². The Morgan fingerprint density at radius 1 is 1.29 bits per heavy atom. The number of hydrogen-bond donors (Lipinski definition) is 2. The van der Waals surface area contributed by atoms with Crippen LogP contribution in [0.25, 0.3) is 0 Å². The molecule has 5 heteroatoms. The van der Waals surface area contributed by atoms with Gasteiger partial charge in [-0.2, -0.15) is 0 Å². The highest BCUT2D eigenvalue weighted by Gasteiger charge is 2.24. The molecule has 78 valence electrons. The van der Waals surface area contributed by atoms with Crippen LogP contribution in [-0.2, 0) is 16.1 Å². The summed E-state index contributed by atoms with van der Waals surface area (Å²) in [4.78, 5) is 0. The van der Waals surface area contributed by atoms with E-state index >= 15 is 0 Å². The zero-order valence-electron chi connectivity index (χ0n) is 7.55. The minimum absolute atomic E-state index is 0.144. The lowest BCUT2D eigenvalue weighted by molar-refractivity contribution is -0.227. The fraction of sp³-hybridized carbons (Fsp3) is 0.556. The van der Waals surface area contributed by atoms with Gasteiger partial charge in [0.05, 0.1) is 13.2 Å². The molecule has 1 aromatic rings. The van der Waals surface area contributed by atoms with Crippen LogP contribution in [-0.4, -0.2) is 29.5 Å². The summed E-state index contributed by atoms with van der Waals surface area (Å²) in [6.45, 7) is 0.328. The molecule has 2 heterocycles. The standard InChI is InChI=1S/C9H12O5/c10-3-7-1-2-8(14-7)9-12-4-6(11)5-13-9/h1-2,6,9-11H,3-5H2. The van der Waals surface area contributed by atoms with E-state index in [1.807, 2.05) is 0 Å². The summed E-state index contributed by atoms with van der Waals surface area (Å²) in [7, 11) is 0.